The van der Waals surface area contributed by atoms with E-state index < -0.39 is 17.9 Å². The number of methoxy groups -OCH3 is 2. The molecular weight excluding hydrogens is 236 g/mol. The van der Waals surface area contributed by atoms with Crippen LogP contribution in [0.1, 0.15) is 11.6 Å². The van der Waals surface area contributed by atoms with Gasteiger partial charge in [0.25, 0.3) is 0 Å². The van der Waals surface area contributed by atoms with Gasteiger partial charge >= 0.3 is 11.9 Å². The summed E-state index contributed by atoms with van der Waals surface area (Å²) in [6.45, 7) is 0. The van der Waals surface area contributed by atoms with Gasteiger partial charge < -0.3 is 9.47 Å². The molecule has 0 amide bonds. The van der Waals surface area contributed by atoms with Crippen molar-refractivity contribution in [3.63, 3.8) is 0 Å². The predicted octanol–water partition coefficient (Wildman–Crippen LogP) is 0.560. The first-order valence-electron chi connectivity index (χ1n) is 4.24. The largest absolute Gasteiger partial charge is 0.468 e. The van der Waals surface area contributed by atoms with E-state index >= 15 is 0 Å². The van der Waals surface area contributed by atoms with Crippen molar-refractivity contribution < 1.29 is 19.1 Å². The molecule has 7 heteroatoms. The fourth-order valence-electron chi connectivity index (χ4n) is 1.08. The first-order chi connectivity index (χ1) is 7.60. The molecule has 1 rings (SSSR count). The molecule has 0 fully saturated rings. The number of nitrogens with zero attached hydrogens (tertiary/aromatic N) is 2. The Morgan fingerprint density at radius 1 is 1.31 bits per heavy atom. The van der Waals surface area contributed by atoms with Gasteiger partial charge in [0.2, 0.25) is 5.28 Å². The average molecular weight is 245 g/mol. The van der Waals surface area contributed by atoms with Gasteiger partial charge in [-0.25, -0.2) is 9.97 Å². The van der Waals surface area contributed by atoms with Crippen molar-refractivity contribution in [2.75, 3.05) is 14.2 Å². The second kappa shape index (κ2) is 5.41. The van der Waals surface area contributed by atoms with Gasteiger partial charge in [-0.05, 0) is 17.7 Å². The number of rotatable bonds is 3. The van der Waals surface area contributed by atoms with E-state index in [-0.39, 0.29) is 11.0 Å². The van der Waals surface area contributed by atoms with Gasteiger partial charge in [-0.3, -0.25) is 9.59 Å². The van der Waals surface area contributed by atoms with Gasteiger partial charge in [0.15, 0.2) is 5.92 Å². The zero-order chi connectivity index (χ0) is 12.1. The van der Waals surface area contributed by atoms with Crippen LogP contribution in [0.25, 0.3) is 0 Å². The van der Waals surface area contributed by atoms with Crippen molar-refractivity contribution in [2.45, 2.75) is 5.92 Å². The molecule has 86 valence electrons. The lowest BCUT2D eigenvalue weighted by molar-refractivity contribution is -0.154. The molecule has 6 nitrogen and oxygen atoms in total. The van der Waals surface area contributed by atoms with Crippen molar-refractivity contribution in [2.24, 2.45) is 0 Å². The second-order valence-corrected chi connectivity index (χ2v) is 3.07. The first-order valence-corrected chi connectivity index (χ1v) is 4.62. The van der Waals surface area contributed by atoms with Gasteiger partial charge in [-0.15, -0.1) is 0 Å². The summed E-state index contributed by atoms with van der Waals surface area (Å²) in [5.41, 5.74) is 0.138. The molecule has 1 aromatic heterocycles. The highest BCUT2D eigenvalue weighted by molar-refractivity contribution is 6.28. The van der Waals surface area contributed by atoms with E-state index in [9.17, 15) is 9.59 Å². The molecule has 0 aliphatic heterocycles. The maximum atomic E-state index is 11.4. The van der Waals surface area contributed by atoms with Gasteiger partial charge in [0.1, 0.15) is 0 Å². The van der Waals surface area contributed by atoms with E-state index in [1.807, 2.05) is 0 Å². The fourth-order valence-corrected chi connectivity index (χ4v) is 1.24. The van der Waals surface area contributed by atoms with Crippen LogP contribution in [0.4, 0.5) is 0 Å². The number of carbonyl (C=O) groups is 2. The van der Waals surface area contributed by atoms with Gasteiger partial charge in [0.05, 0.1) is 19.9 Å². The SMILES string of the molecule is COC(=O)C(C(=O)OC)c1ccnc(Cl)n1. The molecule has 1 aromatic rings. The van der Waals surface area contributed by atoms with Crippen LogP contribution in [0.3, 0.4) is 0 Å². The van der Waals surface area contributed by atoms with E-state index in [2.05, 4.69) is 19.4 Å². The molecule has 0 saturated heterocycles. The fraction of sp³-hybridized carbons (Fsp3) is 0.333. The summed E-state index contributed by atoms with van der Waals surface area (Å²) < 4.78 is 8.97. The lowest BCUT2D eigenvalue weighted by atomic mass is 10.1. The van der Waals surface area contributed by atoms with Crippen molar-refractivity contribution in [1.29, 1.82) is 0 Å². The molecule has 0 radical (unpaired) electrons. The third kappa shape index (κ3) is 2.66. The number of carbonyl (C=O) groups excluding carboxylic acids is 2. The Kier molecular flexibility index (Phi) is 4.19. The minimum absolute atomic E-state index is 0.0599. The molecule has 0 bridgehead atoms. The number of ether oxygens (including phenoxy) is 2. The molecular formula is C9H9ClN2O4. The maximum Gasteiger partial charge on any atom is 0.326 e. The monoisotopic (exact) mass is 244 g/mol. The molecule has 0 saturated carbocycles. The molecule has 0 spiro atoms. The highest BCUT2D eigenvalue weighted by Gasteiger charge is 2.32. The molecule has 0 unspecified atom stereocenters. The van der Waals surface area contributed by atoms with Crippen molar-refractivity contribution >= 4 is 23.5 Å². The minimum atomic E-state index is -1.24. The molecule has 0 atom stereocenters. The van der Waals surface area contributed by atoms with Gasteiger partial charge in [-0.2, -0.15) is 0 Å². The highest BCUT2D eigenvalue weighted by Crippen LogP contribution is 2.17. The predicted molar refractivity (Wildman–Crippen MR) is 53.8 cm³/mol. The Hall–Kier alpha value is -1.69. The quantitative estimate of drug-likeness (QED) is 0.439. The summed E-state index contributed by atoms with van der Waals surface area (Å²) in [4.78, 5) is 30.2. The number of aromatic nitrogens is 2. The molecule has 0 N–H and O–H groups in total. The Labute approximate surface area is 96.5 Å². The number of hydrogen-bond acceptors (Lipinski definition) is 6. The maximum absolute atomic E-state index is 11.4. The summed E-state index contributed by atoms with van der Waals surface area (Å²) in [5, 5.41) is -0.0599. The molecule has 1 heterocycles. The second-order valence-electron chi connectivity index (χ2n) is 2.73. The topological polar surface area (TPSA) is 78.4 Å². The first kappa shape index (κ1) is 12.4. The smallest absolute Gasteiger partial charge is 0.326 e. The van der Waals surface area contributed by atoms with E-state index in [0.29, 0.717) is 0 Å². The Morgan fingerprint density at radius 3 is 2.31 bits per heavy atom. The average Bonchev–Trinajstić information content (AvgIpc) is 2.29. The summed E-state index contributed by atoms with van der Waals surface area (Å²) in [6.07, 6.45) is 1.34. The summed E-state index contributed by atoms with van der Waals surface area (Å²) >= 11 is 5.56. The van der Waals surface area contributed by atoms with Crippen molar-refractivity contribution in [3.8, 4) is 0 Å². The number of hydrogen-bond donors (Lipinski definition) is 0. The van der Waals surface area contributed by atoms with E-state index in [4.69, 9.17) is 11.6 Å². The summed E-state index contributed by atoms with van der Waals surface area (Å²) in [7, 11) is 2.34. The lowest BCUT2D eigenvalue weighted by Crippen LogP contribution is -2.25. The van der Waals surface area contributed by atoms with Gasteiger partial charge in [0, 0.05) is 6.20 Å². The standard InChI is InChI=1S/C9H9ClN2O4/c1-15-7(13)6(8(14)16-2)5-3-4-11-9(10)12-5/h3-4,6H,1-2H3. The molecule has 0 aliphatic rings. The lowest BCUT2D eigenvalue weighted by Gasteiger charge is -2.11. The summed E-state index contributed by atoms with van der Waals surface area (Å²) in [5.74, 6) is -2.77. The van der Waals surface area contributed by atoms with Crippen LogP contribution in [-0.2, 0) is 19.1 Å². The van der Waals surface area contributed by atoms with Crippen LogP contribution in [0.15, 0.2) is 12.3 Å². The van der Waals surface area contributed by atoms with Crippen LogP contribution in [-0.4, -0.2) is 36.1 Å². The summed E-state index contributed by atoms with van der Waals surface area (Å²) in [6, 6.07) is 1.39. The van der Waals surface area contributed by atoms with Gasteiger partial charge in [-0.1, -0.05) is 0 Å². The zero-order valence-corrected chi connectivity index (χ0v) is 9.39. The van der Waals surface area contributed by atoms with Crippen LogP contribution in [0.2, 0.25) is 5.28 Å². The molecule has 0 aromatic carbocycles. The number of esters is 2. The van der Waals surface area contributed by atoms with Crippen LogP contribution >= 0.6 is 11.6 Å². The third-order valence-corrected chi connectivity index (χ3v) is 2.00. The number of halogens is 1. The normalized spacial score (nSPS) is 10.0. The minimum Gasteiger partial charge on any atom is -0.468 e. The van der Waals surface area contributed by atoms with E-state index in [0.717, 1.165) is 0 Å². The van der Waals surface area contributed by atoms with E-state index in [1.54, 1.807) is 0 Å². The zero-order valence-electron chi connectivity index (χ0n) is 8.64. The van der Waals surface area contributed by atoms with Crippen molar-refractivity contribution in [1.82, 2.24) is 9.97 Å². The highest BCUT2D eigenvalue weighted by atomic mass is 35.5. The van der Waals surface area contributed by atoms with Crippen molar-refractivity contribution in [3.05, 3.63) is 23.2 Å². The Balaban J connectivity index is 3.10. The van der Waals surface area contributed by atoms with Crippen LogP contribution < -0.4 is 0 Å². The Bertz CT molecular complexity index is 394. The third-order valence-electron chi connectivity index (χ3n) is 1.82. The van der Waals surface area contributed by atoms with E-state index in [1.165, 1.54) is 26.5 Å². The Morgan fingerprint density at radius 2 is 1.88 bits per heavy atom. The van der Waals surface area contributed by atoms with Crippen LogP contribution in [0, 0.1) is 0 Å². The molecule has 16 heavy (non-hydrogen) atoms. The van der Waals surface area contributed by atoms with Crippen LogP contribution in [0.5, 0.6) is 0 Å². The molecule has 0 aliphatic carbocycles.